The number of benzene rings is 1. The molecule has 6 heteroatoms. The Balaban J connectivity index is 2.13. The van der Waals surface area contributed by atoms with Gasteiger partial charge in [-0.2, -0.15) is 5.26 Å². The van der Waals surface area contributed by atoms with Gasteiger partial charge in [0, 0.05) is 12.1 Å². The second-order valence-corrected chi connectivity index (χ2v) is 4.69. The van der Waals surface area contributed by atoms with Crippen LogP contribution in [0.4, 0.5) is 5.69 Å². The maximum atomic E-state index is 11.3. The van der Waals surface area contributed by atoms with E-state index >= 15 is 0 Å². The van der Waals surface area contributed by atoms with Crippen LogP contribution in [0.25, 0.3) is 11.0 Å². The van der Waals surface area contributed by atoms with Crippen molar-refractivity contribution in [3.8, 4) is 6.07 Å². The number of anilines is 1. The average molecular weight is 272 g/mol. The summed E-state index contributed by atoms with van der Waals surface area (Å²) < 4.78 is 0. The van der Waals surface area contributed by atoms with Crippen molar-refractivity contribution >= 4 is 22.6 Å². The molecule has 1 aromatic heterocycles. The number of aromatic amines is 1. The Morgan fingerprint density at radius 3 is 3.10 bits per heavy atom. The summed E-state index contributed by atoms with van der Waals surface area (Å²) in [5, 5.41) is 20.4. The number of hydrogen-bond donors (Lipinski definition) is 3. The van der Waals surface area contributed by atoms with Gasteiger partial charge >= 0.3 is 0 Å². The minimum Gasteiger partial charge on any atom is -0.393 e. The van der Waals surface area contributed by atoms with E-state index in [4.69, 9.17) is 5.26 Å². The van der Waals surface area contributed by atoms with E-state index < -0.39 is 0 Å². The van der Waals surface area contributed by atoms with Crippen molar-refractivity contribution in [1.29, 1.82) is 5.26 Å². The largest absolute Gasteiger partial charge is 0.393 e. The molecule has 0 saturated heterocycles. The highest BCUT2D eigenvalue weighted by molar-refractivity contribution is 5.94. The molecule has 0 spiro atoms. The van der Waals surface area contributed by atoms with E-state index in [9.17, 15) is 9.90 Å². The Kier molecular flexibility index (Phi) is 4.33. The molecular formula is C14H16N4O2. The Bertz CT molecular complexity index is 655. The van der Waals surface area contributed by atoms with Gasteiger partial charge in [-0.05, 0) is 31.5 Å². The number of hydrogen-bond acceptors (Lipinski definition) is 4. The standard InChI is InChI=1S/C14H16N4O2/c1-9(19)2-5-13-17-11-4-3-10(8-12(11)18-13)16-14(20)6-7-15/h3-4,8-9,19H,2,5-6H2,1H3,(H,16,20)(H,17,18). The average Bonchev–Trinajstić information content (AvgIpc) is 2.78. The summed E-state index contributed by atoms with van der Waals surface area (Å²) in [6.07, 6.45) is 0.790. The number of nitrogens with zero attached hydrogens (tertiary/aromatic N) is 2. The van der Waals surface area contributed by atoms with Crippen molar-refractivity contribution in [2.75, 3.05) is 5.32 Å². The highest BCUT2D eigenvalue weighted by Crippen LogP contribution is 2.18. The molecule has 0 aliphatic heterocycles. The van der Waals surface area contributed by atoms with Crippen molar-refractivity contribution in [3.05, 3.63) is 24.0 Å². The molecule has 3 N–H and O–H groups in total. The number of aryl methyl sites for hydroxylation is 1. The lowest BCUT2D eigenvalue weighted by Gasteiger charge is -2.01. The highest BCUT2D eigenvalue weighted by Gasteiger charge is 2.07. The van der Waals surface area contributed by atoms with Gasteiger partial charge in [-0.1, -0.05) is 0 Å². The first-order chi connectivity index (χ1) is 9.58. The van der Waals surface area contributed by atoms with E-state index in [1.165, 1.54) is 0 Å². The first-order valence-electron chi connectivity index (χ1n) is 6.42. The number of nitrogens with one attached hydrogen (secondary N) is 2. The Hall–Kier alpha value is -2.39. The summed E-state index contributed by atoms with van der Waals surface area (Å²) in [4.78, 5) is 18.9. The van der Waals surface area contributed by atoms with Gasteiger partial charge < -0.3 is 15.4 Å². The molecule has 1 aromatic carbocycles. The lowest BCUT2D eigenvalue weighted by atomic mass is 10.2. The van der Waals surface area contributed by atoms with E-state index in [0.29, 0.717) is 18.5 Å². The predicted molar refractivity (Wildman–Crippen MR) is 75.0 cm³/mol. The molecule has 1 atom stereocenters. The van der Waals surface area contributed by atoms with Gasteiger partial charge in [0.05, 0.1) is 23.2 Å². The van der Waals surface area contributed by atoms with Gasteiger partial charge in [0.25, 0.3) is 0 Å². The highest BCUT2D eigenvalue weighted by atomic mass is 16.3. The molecule has 1 unspecified atom stereocenters. The number of aliphatic hydroxyl groups excluding tert-OH is 1. The third-order valence-corrected chi connectivity index (χ3v) is 2.85. The van der Waals surface area contributed by atoms with E-state index in [0.717, 1.165) is 16.9 Å². The van der Waals surface area contributed by atoms with Crippen molar-refractivity contribution in [2.24, 2.45) is 0 Å². The molecule has 0 aliphatic carbocycles. The fourth-order valence-electron chi connectivity index (χ4n) is 1.88. The third kappa shape index (κ3) is 3.56. The van der Waals surface area contributed by atoms with Gasteiger partial charge in [-0.25, -0.2) is 4.98 Å². The smallest absolute Gasteiger partial charge is 0.238 e. The van der Waals surface area contributed by atoms with E-state index in [1.54, 1.807) is 31.2 Å². The first-order valence-corrected chi connectivity index (χ1v) is 6.42. The summed E-state index contributed by atoms with van der Waals surface area (Å²) in [6.45, 7) is 1.74. The van der Waals surface area contributed by atoms with Crippen molar-refractivity contribution in [1.82, 2.24) is 9.97 Å². The Morgan fingerprint density at radius 2 is 2.40 bits per heavy atom. The lowest BCUT2D eigenvalue weighted by Crippen LogP contribution is -2.09. The molecule has 0 saturated carbocycles. The van der Waals surface area contributed by atoms with Gasteiger partial charge in [0.1, 0.15) is 12.2 Å². The fraction of sp³-hybridized carbons (Fsp3) is 0.357. The summed E-state index contributed by atoms with van der Waals surface area (Å²) in [6, 6.07) is 7.13. The van der Waals surface area contributed by atoms with Crippen LogP contribution in [0.1, 0.15) is 25.6 Å². The van der Waals surface area contributed by atoms with E-state index in [-0.39, 0.29) is 18.4 Å². The number of aliphatic hydroxyl groups is 1. The maximum Gasteiger partial charge on any atom is 0.238 e. The third-order valence-electron chi connectivity index (χ3n) is 2.85. The zero-order chi connectivity index (χ0) is 14.5. The molecule has 1 heterocycles. The fourth-order valence-corrected chi connectivity index (χ4v) is 1.88. The van der Waals surface area contributed by atoms with E-state index in [2.05, 4.69) is 15.3 Å². The number of carbonyl (C=O) groups excluding carboxylic acids is 1. The molecule has 20 heavy (non-hydrogen) atoms. The minimum atomic E-state index is -0.357. The van der Waals surface area contributed by atoms with Crippen LogP contribution in [-0.4, -0.2) is 27.1 Å². The predicted octanol–water partition coefficient (Wildman–Crippen LogP) is 1.73. The lowest BCUT2D eigenvalue weighted by molar-refractivity contribution is -0.115. The zero-order valence-corrected chi connectivity index (χ0v) is 11.2. The van der Waals surface area contributed by atoms with Crippen LogP contribution in [0, 0.1) is 11.3 Å². The molecule has 0 aliphatic rings. The normalized spacial score (nSPS) is 12.1. The van der Waals surface area contributed by atoms with Crippen LogP contribution in [0.3, 0.4) is 0 Å². The van der Waals surface area contributed by atoms with E-state index in [1.807, 2.05) is 0 Å². The number of carbonyl (C=O) groups is 1. The molecule has 104 valence electrons. The van der Waals surface area contributed by atoms with Gasteiger partial charge in [-0.3, -0.25) is 4.79 Å². The van der Waals surface area contributed by atoms with Gasteiger partial charge in [0.15, 0.2) is 0 Å². The van der Waals surface area contributed by atoms with Crippen LogP contribution < -0.4 is 5.32 Å². The molecule has 0 radical (unpaired) electrons. The summed E-state index contributed by atoms with van der Waals surface area (Å²) in [7, 11) is 0. The molecule has 2 aromatic rings. The monoisotopic (exact) mass is 272 g/mol. The van der Waals surface area contributed by atoms with Crippen LogP contribution in [0.15, 0.2) is 18.2 Å². The first kappa shape index (κ1) is 14.0. The number of imidazole rings is 1. The molecular weight excluding hydrogens is 256 g/mol. The maximum absolute atomic E-state index is 11.3. The summed E-state index contributed by atoms with van der Waals surface area (Å²) >= 11 is 0. The molecule has 0 bridgehead atoms. The molecule has 1 amide bonds. The Morgan fingerprint density at radius 1 is 1.60 bits per heavy atom. The summed E-state index contributed by atoms with van der Waals surface area (Å²) in [5.74, 6) is 0.474. The number of rotatable bonds is 5. The summed E-state index contributed by atoms with van der Waals surface area (Å²) in [5.41, 5.74) is 2.26. The molecule has 6 nitrogen and oxygen atoms in total. The molecule has 2 rings (SSSR count). The Labute approximate surface area is 116 Å². The number of H-pyrrole nitrogens is 1. The van der Waals surface area contributed by atoms with Gasteiger partial charge in [0.2, 0.25) is 5.91 Å². The van der Waals surface area contributed by atoms with Crippen molar-refractivity contribution < 1.29 is 9.90 Å². The topological polar surface area (TPSA) is 102 Å². The second kappa shape index (κ2) is 6.17. The SMILES string of the molecule is CC(O)CCc1nc2ccc(NC(=O)CC#N)cc2[nH]1. The molecule has 0 fully saturated rings. The van der Waals surface area contributed by atoms with Crippen LogP contribution in [-0.2, 0) is 11.2 Å². The second-order valence-electron chi connectivity index (χ2n) is 4.69. The minimum absolute atomic E-state index is 0.166. The number of fused-ring (bicyclic) bond motifs is 1. The van der Waals surface area contributed by atoms with Gasteiger partial charge in [-0.15, -0.1) is 0 Å². The number of nitriles is 1. The van der Waals surface area contributed by atoms with Crippen LogP contribution in [0.2, 0.25) is 0 Å². The number of aromatic nitrogens is 2. The number of amides is 1. The van der Waals surface area contributed by atoms with Crippen LogP contribution >= 0.6 is 0 Å². The van der Waals surface area contributed by atoms with Crippen molar-refractivity contribution in [3.63, 3.8) is 0 Å². The zero-order valence-electron chi connectivity index (χ0n) is 11.2. The van der Waals surface area contributed by atoms with Crippen molar-refractivity contribution in [2.45, 2.75) is 32.3 Å². The van der Waals surface area contributed by atoms with Crippen LogP contribution in [0.5, 0.6) is 0 Å². The quantitative estimate of drug-likeness (QED) is 0.771.